The van der Waals surface area contributed by atoms with Gasteiger partial charge in [-0.15, -0.1) is 0 Å². The molecule has 1 aliphatic rings. The molecular weight excluding hydrogens is 600 g/mol. The number of hydrogen-bond donors (Lipinski definition) is 0. The van der Waals surface area contributed by atoms with Gasteiger partial charge in [0.1, 0.15) is 12.4 Å². The molecule has 8 nitrogen and oxygen atoms in total. The van der Waals surface area contributed by atoms with Crippen LogP contribution in [0.1, 0.15) is 35.2 Å². The molecule has 1 atom stereocenters. The zero-order valence-corrected chi connectivity index (χ0v) is 26.5. The number of thiazole rings is 1. The predicted molar refractivity (Wildman–Crippen MR) is 178 cm³/mol. The molecular formula is C37H32N2O6S. The number of esters is 1. The van der Waals surface area contributed by atoms with Gasteiger partial charge in [-0.2, -0.15) is 0 Å². The largest absolute Gasteiger partial charge is 0.493 e. The Morgan fingerprint density at radius 2 is 1.59 bits per heavy atom. The number of carbonyl (C=O) groups excluding carboxylic acids is 1. The lowest BCUT2D eigenvalue weighted by Gasteiger charge is -2.26. The van der Waals surface area contributed by atoms with Crippen molar-refractivity contribution in [3.8, 4) is 17.2 Å². The lowest BCUT2D eigenvalue weighted by molar-refractivity contribution is -0.138. The molecule has 0 saturated carbocycles. The van der Waals surface area contributed by atoms with Crippen LogP contribution in [0.3, 0.4) is 0 Å². The Morgan fingerprint density at radius 3 is 2.26 bits per heavy atom. The highest BCUT2D eigenvalue weighted by atomic mass is 32.1. The minimum absolute atomic E-state index is 0.165. The molecule has 0 radical (unpaired) electrons. The molecule has 5 aromatic rings. The second-order valence-corrected chi connectivity index (χ2v) is 11.4. The van der Waals surface area contributed by atoms with E-state index in [1.54, 1.807) is 37.8 Å². The van der Waals surface area contributed by atoms with Gasteiger partial charge in [-0.25, -0.2) is 9.79 Å². The van der Waals surface area contributed by atoms with Crippen molar-refractivity contribution in [3.63, 3.8) is 0 Å². The summed E-state index contributed by atoms with van der Waals surface area (Å²) >= 11 is 1.26. The first-order valence-electron chi connectivity index (χ1n) is 14.8. The number of hydrogen-bond acceptors (Lipinski definition) is 8. The van der Waals surface area contributed by atoms with Crippen molar-refractivity contribution < 1.29 is 23.7 Å². The van der Waals surface area contributed by atoms with Gasteiger partial charge in [0.05, 0.1) is 42.7 Å². The van der Waals surface area contributed by atoms with Gasteiger partial charge in [0.15, 0.2) is 16.3 Å². The van der Waals surface area contributed by atoms with Crippen LogP contribution in [-0.2, 0) is 16.1 Å². The van der Waals surface area contributed by atoms with E-state index in [1.807, 2.05) is 97.1 Å². The zero-order valence-electron chi connectivity index (χ0n) is 25.6. The first kappa shape index (κ1) is 30.6. The molecule has 0 aliphatic carbocycles. The second kappa shape index (κ2) is 13.7. The van der Waals surface area contributed by atoms with Crippen molar-refractivity contribution in [2.24, 2.45) is 4.99 Å². The first-order valence-corrected chi connectivity index (χ1v) is 15.6. The molecule has 4 aromatic carbocycles. The van der Waals surface area contributed by atoms with Crippen LogP contribution < -0.4 is 29.1 Å². The summed E-state index contributed by atoms with van der Waals surface area (Å²) in [6.45, 7) is 2.37. The number of fused-ring (bicyclic) bond motifs is 1. The minimum atomic E-state index is -0.832. The smallest absolute Gasteiger partial charge is 0.338 e. The maximum absolute atomic E-state index is 14.2. The quantitative estimate of drug-likeness (QED) is 0.188. The lowest BCUT2D eigenvalue weighted by atomic mass is 9.93. The molecule has 0 amide bonds. The molecule has 1 aliphatic heterocycles. The summed E-state index contributed by atoms with van der Waals surface area (Å²) in [6, 6.07) is 31.5. The predicted octanol–water partition coefficient (Wildman–Crippen LogP) is 5.53. The van der Waals surface area contributed by atoms with Crippen molar-refractivity contribution in [1.29, 1.82) is 0 Å². The Kier molecular flexibility index (Phi) is 9.12. The molecule has 0 fully saturated rings. The first-order chi connectivity index (χ1) is 22.5. The highest BCUT2D eigenvalue weighted by Crippen LogP contribution is 2.38. The number of carbonyl (C=O) groups is 1. The summed E-state index contributed by atoms with van der Waals surface area (Å²) < 4.78 is 24.6. The van der Waals surface area contributed by atoms with Crippen molar-refractivity contribution in [3.05, 3.63) is 151 Å². The number of rotatable bonds is 10. The van der Waals surface area contributed by atoms with Crippen LogP contribution in [0, 0.1) is 0 Å². The van der Waals surface area contributed by atoms with Gasteiger partial charge in [0, 0.05) is 5.56 Å². The topological polar surface area (TPSA) is 88.4 Å². The summed E-state index contributed by atoms with van der Waals surface area (Å²) in [7, 11) is 3.10. The number of nitrogens with zero attached hydrogens (tertiary/aromatic N) is 2. The van der Waals surface area contributed by atoms with Gasteiger partial charge in [-0.05, 0) is 54.0 Å². The fourth-order valence-corrected chi connectivity index (χ4v) is 6.33. The van der Waals surface area contributed by atoms with Gasteiger partial charge < -0.3 is 18.9 Å². The summed E-state index contributed by atoms with van der Waals surface area (Å²) in [5.41, 5.74) is 3.73. The average molecular weight is 633 g/mol. The number of aromatic nitrogens is 1. The molecule has 0 spiro atoms. The van der Waals surface area contributed by atoms with Gasteiger partial charge in [-0.1, -0.05) is 90.2 Å². The number of methoxy groups -OCH3 is 2. The highest BCUT2D eigenvalue weighted by molar-refractivity contribution is 7.07. The van der Waals surface area contributed by atoms with E-state index < -0.39 is 12.0 Å². The van der Waals surface area contributed by atoms with Crippen molar-refractivity contribution >= 4 is 29.1 Å². The van der Waals surface area contributed by atoms with Crippen LogP contribution in [-0.4, -0.2) is 31.4 Å². The molecule has 0 N–H and O–H groups in total. The van der Waals surface area contributed by atoms with Crippen LogP contribution in [0.5, 0.6) is 17.2 Å². The Balaban J connectivity index is 1.48. The fourth-order valence-electron chi connectivity index (χ4n) is 5.33. The van der Waals surface area contributed by atoms with Crippen LogP contribution >= 0.6 is 11.3 Å². The third-order valence-electron chi connectivity index (χ3n) is 7.52. The van der Waals surface area contributed by atoms with Crippen molar-refractivity contribution in [1.82, 2.24) is 4.57 Å². The summed E-state index contributed by atoms with van der Waals surface area (Å²) in [4.78, 5) is 33.3. The van der Waals surface area contributed by atoms with Crippen LogP contribution in [0.4, 0.5) is 0 Å². The SMILES string of the molecule is CCOC(=O)C1=C(c2ccccc2)N=c2s/c(=C\c3ccc(OCc4ccccc4)cc3)c(=O)n2[C@@H]1c1ccc(OC)c(OC)c1. The van der Waals surface area contributed by atoms with Crippen molar-refractivity contribution in [2.45, 2.75) is 19.6 Å². The van der Waals surface area contributed by atoms with E-state index in [-0.39, 0.29) is 17.7 Å². The van der Waals surface area contributed by atoms with Gasteiger partial charge in [-0.3, -0.25) is 9.36 Å². The maximum Gasteiger partial charge on any atom is 0.338 e. The second-order valence-electron chi connectivity index (χ2n) is 10.4. The Hall–Kier alpha value is -5.41. The van der Waals surface area contributed by atoms with Crippen LogP contribution in [0.15, 0.2) is 118 Å². The normalized spacial score (nSPS) is 14.3. The van der Waals surface area contributed by atoms with E-state index >= 15 is 0 Å². The minimum Gasteiger partial charge on any atom is -0.493 e. The summed E-state index contributed by atoms with van der Waals surface area (Å²) in [5.74, 6) is 1.17. The average Bonchev–Trinajstić information content (AvgIpc) is 3.41. The lowest BCUT2D eigenvalue weighted by Crippen LogP contribution is -2.40. The highest BCUT2D eigenvalue weighted by Gasteiger charge is 2.35. The van der Waals surface area contributed by atoms with E-state index in [0.717, 1.165) is 22.4 Å². The summed E-state index contributed by atoms with van der Waals surface area (Å²) in [5, 5.41) is 0. The molecule has 2 heterocycles. The Morgan fingerprint density at radius 1 is 0.891 bits per heavy atom. The number of ether oxygens (including phenoxy) is 4. The van der Waals surface area contributed by atoms with Crippen LogP contribution in [0.25, 0.3) is 11.8 Å². The number of benzene rings is 4. The van der Waals surface area contributed by atoms with Gasteiger partial charge >= 0.3 is 5.97 Å². The standard InChI is InChI=1S/C37H32N2O6S/c1-4-44-36(41)32-33(26-13-9-6-10-14-26)38-37-39(34(32)27-17-20-29(42-2)30(22-27)43-3)35(40)31(46-37)21-24-15-18-28(19-16-24)45-23-25-11-7-5-8-12-25/h5-22,34H,4,23H2,1-3H3/b31-21-/t34-/m1/s1. The van der Waals surface area contributed by atoms with Crippen LogP contribution in [0.2, 0.25) is 0 Å². The fraction of sp³-hybridized carbons (Fsp3) is 0.162. The summed E-state index contributed by atoms with van der Waals surface area (Å²) in [6.07, 6.45) is 1.83. The van der Waals surface area contributed by atoms with Gasteiger partial charge in [0.2, 0.25) is 0 Å². The molecule has 0 saturated heterocycles. The zero-order chi connectivity index (χ0) is 32.0. The van der Waals surface area contributed by atoms with E-state index in [4.69, 9.17) is 23.9 Å². The molecule has 232 valence electrons. The molecule has 9 heteroatoms. The molecule has 1 aromatic heterocycles. The molecule has 46 heavy (non-hydrogen) atoms. The Labute approximate surface area is 270 Å². The maximum atomic E-state index is 14.2. The van der Waals surface area contributed by atoms with E-state index in [0.29, 0.717) is 38.7 Å². The third-order valence-corrected chi connectivity index (χ3v) is 8.51. The van der Waals surface area contributed by atoms with Crippen molar-refractivity contribution in [2.75, 3.05) is 20.8 Å². The van der Waals surface area contributed by atoms with E-state index in [9.17, 15) is 9.59 Å². The third kappa shape index (κ3) is 6.23. The molecule has 6 rings (SSSR count). The molecule has 0 bridgehead atoms. The monoisotopic (exact) mass is 632 g/mol. The molecule has 0 unspecified atom stereocenters. The van der Waals surface area contributed by atoms with E-state index in [1.165, 1.54) is 11.3 Å². The van der Waals surface area contributed by atoms with E-state index in [2.05, 4.69) is 0 Å². The Bertz CT molecular complexity index is 2070. The van der Waals surface area contributed by atoms with Gasteiger partial charge in [0.25, 0.3) is 5.56 Å².